The van der Waals surface area contributed by atoms with Gasteiger partial charge in [-0.15, -0.1) is 0 Å². The van der Waals surface area contributed by atoms with Crippen LogP contribution in [-0.4, -0.2) is 73.8 Å². The quantitative estimate of drug-likeness (QED) is 0.579. The highest BCUT2D eigenvalue weighted by Gasteiger charge is 2.35. The number of benzene rings is 2. The van der Waals surface area contributed by atoms with Gasteiger partial charge in [0.05, 0.1) is 19.3 Å². The Labute approximate surface area is 218 Å². The molecule has 4 aliphatic heterocycles. The number of methoxy groups -OCH3 is 1. The molecule has 2 aromatic carbocycles. The molecule has 3 aromatic rings. The summed E-state index contributed by atoms with van der Waals surface area (Å²) in [4.78, 5) is 16.6. The Hall–Kier alpha value is -2.97. The van der Waals surface area contributed by atoms with E-state index in [2.05, 4.69) is 33.1 Å². The fraction of sp³-hybridized carbons (Fsp3) is 0.517. The second kappa shape index (κ2) is 10.4. The molecule has 1 aromatic heterocycles. The SMILES string of the molecule is CN1CCCC1.COc1nc2c(c(N3CC4CCC(C3)N4)n1)CCN(c1cccc3c(F)cccc13)C2. The number of piperazine rings is 1. The Balaban J connectivity index is 0.000000372. The summed E-state index contributed by atoms with van der Waals surface area (Å²) in [5.41, 5.74) is 3.28. The van der Waals surface area contributed by atoms with Crippen molar-refractivity contribution in [3.8, 4) is 6.01 Å². The second-order valence-corrected chi connectivity index (χ2v) is 10.8. The first-order valence-corrected chi connectivity index (χ1v) is 13.6. The van der Waals surface area contributed by atoms with Gasteiger partial charge in [-0.05, 0) is 64.4 Å². The van der Waals surface area contributed by atoms with Crippen LogP contribution in [0, 0.1) is 5.82 Å². The van der Waals surface area contributed by atoms with Crippen molar-refractivity contribution in [2.45, 2.75) is 50.7 Å². The van der Waals surface area contributed by atoms with Gasteiger partial charge in [-0.3, -0.25) is 0 Å². The van der Waals surface area contributed by atoms with E-state index < -0.39 is 0 Å². The molecule has 2 atom stereocenters. The van der Waals surface area contributed by atoms with Gasteiger partial charge in [0.15, 0.2) is 0 Å². The van der Waals surface area contributed by atoms with Crippen molar-refractivity contribution in [1.29, 1.82) is 0 Å². The van der Waals surface area contributed by atoms with Crippen molar-refractivity contribution in [2.75, 3.05) is 56.7 Å². The van der Waals surface area contributed by atoms with Crippen molar-refractivity contribution in [1.82, 2.24) is 20.2 Å². The molecule has 2 unspecified atom stereocenters. The van der Waals surface area contributed by atoms with E-state index in [1.165, 1.54) is 50.4 Å². The number of fused-ring (bicyclic) bond motifs is 4. The first-order valence-electron chi connectivity index (χ1n) is 13.6. The van der Waals surface area contributed by atoms with Crippen molar-refractivity contribution >= 4 is 22.3 Å². The van der Waals surface area contributed by atoms with Gasteiger partial charge < -0.3 is 24.8 Å². The third kappa shape index (κ3) is 4.97. The van der Waals surface area contributed by atoms with Crippen LogP contribution in [0.3, 0.4) is 0 Å². The number of halogens is 1. The van der Waals surface area contributed by atoms with Gasteiger partial charge in [0.2, 0.25) is 0 Å². The van der Waals surface area contributed by atoms with Crippen LogP contribution in [0.2, 0.25) is 0 Å². The molecule has 3 fully saturated rings. The van der Waals surface area contributed by atoms with E-state index in [4.69, 9.17) is 14.7 Å². The molecule has 37 heavy (non-hydrogen) atoms. The van der Waals surface area contributed by atoms with Gasteiger partial charge in [-0.1, -0.05) is 24.3 Å². The summed E-state index contributed by atoms with van der Waals surface area (Å²) in [6.45, 7) is 6.12. The second-order valence-electron chi connectivity index (χ2n) is 10.8. The molecule has 1 N–H and O–H groups in total. The number of aromatic nitrogens is 2. The zero-order valence-corrected chi connectivity index (χ0v) is 21.9. The number of hydrogen-bond donors (Lipinski definition) is 1. The number of ether oxygens (including phenoxy) is 1. The summed E-state index contributed by atoms with van der Waals surface area (Å²) >= 11 is 0. The minimum atomic E-state index is -0.184. The maximum atomic E-state index is 14.3. The lowest BCUT2D eigenvalue weighted by atomic mass is 10.0. The molecule has 0 radical (unpaired) electrons. The van der Waals surface area contributed by atoms with Gasteiger partial charge in [-0.25, -0.2) is 4.39 Å². The van der Waals surface area contributed by atoms with E-state index in [1.54, 1.807) is 13.2 Å². The van der Waals surface area contributed by atoms with Gasteiger partial charge in [-0.2, -0.15) is 9.97 Å². The first-order chi connectivity index (χ1) is 18.1. The number of hydrogen-bond acceptors (Lipinski definition) is 7. The Morgan fingerprint density at radius 2 is 1.65 bits per heavy atom. The van der Waals surface area contributed by atoms with Crippen molar-refractivity contribution in [2.24, 2.45) is 0 Å². The van der Waals surface area contributed by atoms with Crippen molar-refractivity contribution in [3.63, 3.8) is 0 Å². The van der Waals surface area contributed by atoms with Crippen LogP contribution in [0.5, 0.6) is 6.01 Å². The van der Waals surface area contributed by atoms with E-state index in [9.17, 15) is 4.39 Å². The molecule has 7 nitrogen and oxygen atoms in total. The topological polar surface area (TPSA) is 56.8 Å². The van der Waals surface area contributed by atoms with E-state index in [0.29, 0.717) is 30.0 Å². The molecular weight excluding hydrogens is 467 g/mol. The van der Waals surface area contributed by atoms with Crippen LogP contribution >= 0.6 is 0 Å². The average Bonchev–Trinajstić information content (AvgIpc) is 3.55. The number of nitrogens with one attached hydrogen (secondary N) is 1. The highest BCUT2D eigenvalue weighted by molar-refractivity contribution is 5.94. The number of nitrogens with zero attached hydrogens (tertiary/aromatic N) is 5. The fourth-order valence-corrected chi connectivity index (χ4v) is 6.32. The normalized spacial score (nSPS) is 23.1. The molecule has 8 heteroatoms. The largest absolute Gasteiger partial charge is 0.467 e. The molecule has 0 saturated carbocycles. The number of rotatable bonds is 3. The van der Waals surface area contributed by atoms with Gasteiger partial charge in [0.25, 0.3) is 0 Å². The van der Waals surface area contributed by atoms with Gasteiger partial charge in [0, 0.05) is 53.7 Å². The summed E-state index contributed by atoms with van der Waals surface area (Å²) in [5.74, 6) is 0.847. The molecule has 7 rings (SSSR count). The highest BCUT2D eigenvalue weighted by Crippen LogP contribution is 2.35. The minimum absolute atomic E-state index is 0.184. The summed E-state index contributed by atoms with van der Waals surface area (Å²) < 4.78 is 19.8. The lowest BCUT2D eigenvalue weighted by Crippen LogP contribution is -2.52. The average molecular weight is 505 g/mol. The maximum Gasteiger partial charge on any atom is 0.318 e. The fourth-order valence-electron chi connectivity index (χ4n) is 6.32. The summed E-state index contributed by atoms with van der Waals surface area (Å²) in [5, 5.41) is 5.29. The Bertz CT molecular complexity index is 1250. The molecule has 3 saturated heterocycles. The maximum absolute atomic E-state index is 14.3. The Kier molecular flexibility index (Phi) is 6.86. The molecule has 0 aliphatic carbocycles. The summed E-state index contributed by atoms with van der Waals surface area (Å²) in [6.07, 6.45) is 6.15. The molecule has 4 aliphatic rings. The third-order valence-electron chi connectivity index (χ3n) is 8.24. The predicted octanol–water partition coefficient (Wildman–Crippen LogP) is 3.99. The summed E-state index contributed by atoms with van der Waals surface area (Å²) in [6, 6.07) is 12.6. The number of anilines is 2. The molecule has 0 spiro atoms. The van der Waals surface area contributed by atoms with Crippen molar-refractivity contribution < 1.29 is 9.13 Å². The highest BCUT2D eigenvalue weighted by atomic mass is 19.1. The van der Waals surface area contributed by atoms with Crippen LogP contribution in [0.15, 0.2) is 36.4 Å². The molecule has 5 heterocycles. The van der Waals surface area contributed by atoms with E-state index >= 15 is 0 Å². The third-order valence-corrected chi connectivity index (χ3v) is 8.24. The van der Waals surface area contributed by atoms with Crippen LogP contribution in [-0.2, 0) is 13.0 Å². The Morgan fingerprint density at radius 3 is 2.35 bits per heavy atom. The van der Waals surface area contributed by atoms with Crippen LogP contribution < -0.4 is 19.9 Å². The van der Waals surface area contributed by atoms with Crippen LogP contribution in [0.4, 0.5) is 15.9 Å². The predicted molar refractivity (Wildman–Crippen MR) is 146 cm³/mol. The smallest absolute Gasteiger partial charge is 0.318 e. The minimum Gasteiger partial charge on any atom is -0.467 e. The van der Waals surface area contributed by atoms with Gasteiger partial charge in [0.1, 0.15) is 11.6 Å². The lowest BCUT2D eigenvalue weighted by molar-refractivity contribution is 0.374. The zero-order chi connectivity index (χ0) is 25.4. The zero-order valence-electron chi connectivity index (χ0n) is 21.9. The van der Waals surface area contributed by atoms with Crippen LogP contribution in [0.1, 0.15) is 36.9 Å². The first kappa shape index (κ1) is 24.4. The van der Waals surface area contributed by atoms with Crippen molar-refractivity contribution in [3.05, 3.63) is 53.5 Å². The van der Waals surface area contributed by atoms with E-state index in [1.807, 2.05) is 18.2 Å². The molecule has 2 bridgehead atoms. The molecule has 0 amide bonds. The van der Waals surface area contributed by atoms with E-state index in [-0.39, 0.29) is 5.82 Å². The lowest BCUT2D eigenvalue weighted by Gasteiger charge is -2.37. The number of likely N-dealkylation sites (tertiary alicyclic amines) is 1. The summed E-state index contributed by atoms with van der Waals surface area (Å²) in [7, 11) is 3.80. The standard InChI is InChI=1S/C24H26FN5O.C5H11N/c1-31-24-27-21-14-29(22-7-3-4-17-18(22)5-2-6-20(17)25)11-10-19(21)23(28-24)30-12-15-8-9-16(13-30)26-15;1-6-4-2-3-5-6/h2-7,15-16,26H,8-14H2,1H3;2-5H2,1H3. The van der Waals surface area contributed by atoms with Crippen LogP contribution in [0.25, 0.3) is 10.8 Å². The van der Waals surface area contributed by atoms with E-state index in [0.717, 1.165) is 48.6 Å². The van der Waals surface area contributed by atoms with Gasteiger partial charge >= 0.3 is 6.01 Å². The monoisotopic (exact) mass is 504 g/mol. The molecular formula is C29H37FN6O. The Morgan fingerprint density at radius 1 is 0.919 bits per heavy atom. The molecule has 196 valence electrons.